The van der Waals surface area contributed by atoms with Gasteiger partial charge in [-0.05, 0) is 19.3 Å². The van der Waals surface area contributed by atoms with E-state index in [2.05, 4.69) is 9.97 Å². The summed E-state index contributed by atoms with van der Waals surface area (Å²) in [6.45, 7) is 0. The number of aromatic carboxylic acids is 2. The van der Waals surface area contributed by atoms with Gasteiger partial charge in [-0.2, -0.15) is 0 Å². The van der Waals surface area contributed by atoms with Crippen molar-refractivity contribution in [2.75, 3.05) is 0 Å². The molecule has 3 rings (SSSR count). The van der Waals surface area contributed by atoms with Gasteiger partial charge >= 0.3 is 11.9 Å². The number of aromatic nitrogens is 2. The van der Waals surface area contributed by atoms with Gasteiger partial charge in [-0.25, -0.2) is 19.6 Å². The van der Waals surface area contributed by atoms with Crippen molar-refractivity contribution in [3.05, 3.63) is 22.8 Å². The number of carbonyl (C=O) groups is 2. The van der Waals surface area contributed by atoms with Gasteiger partial charge < -0.3 is 10.2 Å². The summed E-state index contributed by atoms with van der Waals surface area (Å²) in [5, 5.41) is 17.9. The Bertz CT molecular complexity index is 494. The fourth-order valence-corrected chi connectivity index (χ4v) is 2.84. The van der Waals surface area contributed by atoms with Crippen molar-refractivity contribution in [2.24, 2.45) is 0 Å². The molecule has 0 aromatic carbocycles. The molecule has 1 aromatic rings. The molecule has 2 bridgehead atoms. The molecule has 1 fully saturated rings. The predicted octanol–water partition coefficient (Wildman–Crippen LogP) is 1.24. The summed E-state index contributed by atoms with van der Waals surface area (Å²) in [5.41, 5.74) is 0.514. The minimum absolute atomic E-state index is 0.267. The lowest BCUT2D eigenvalue weighted by molar-refractivity contribution is 0.0640. The normalized spacial score (nSPS) is 24.7. The Morgan fingerprint density at radius 1 is 0.941 bits per heavy atom. The number of hydrogen-bond acceptors (Lipinski definition) is 4. The maximum Gasteiger partial charge on any atom is 0.357 e. The van der Waals surface area contributed by atoms with Crippen LogP contribution in [0.2, 0.25) is 0 Å². The highest BCUT2D eigenvalue weighted by molar-refractivity contribution is 5.98. The number of carboxylic acid groups (broad SMARTS) is 2. The molecule has 0 unspecified atom stereocenters. The Morgan fingerprint density at radius 3 is 1.71 bits per heavy atom. The minimum atomic E-state index is -1.33. The van der Waals surface area contributed by atoms with E-state index in [-0.39, 0.29) is 11.8 Å². The van der Waals surface area contributed by atoms with Gasteiger partial charge in [-0.15, -0.1) is 0 Å². The molecule has 0 spiro atoms. The third kappa shape index (κ3) is 1.33. The number of rotatable bonds is 2. The summed E-state index contributed by atoms with van der Waals surface area (Å²) in [6.07, 6.45) is 2.92. The Balaban J connectivity index is 2.21. The van der Waals surface area contributed by atoms with Crippen molar-refractivity contribution < 1.29 is 19.8 Å². The van der Waals surface area contributed by atoms with Crippen molar-refractivity contribution in [3.8, 4) is 0 Å². The van der Waals surface area contributed by atoms with Crippen molar-refractivity contribution in [3.63, 3.8) is 0 Å². The molecule has 6 nitrogen and oxygen atoms in total. The number of hydrogen-bond donors (Lipinski definition) is 2. The molecule has 17 heavy (non-hydrogen) atoms. The van der Waals surface area contributed by atoms with Crippen LogP contribution in [0.15, 0.2) is 0 Å². The molecule has 0 aliphatic heterocycles. The van der Waals surface area contributed by atoms with Crippen LogP contribution >= 0.6 is 0 Å². The third-order valence-electron chi connectivity index (χ3n) is 3.56. The van der Waals surface area contributed by atoms with Gasteiger partial charge in [0.2, 0.25) is 0 Å². The van der Waals surface area contributed by atoms with Gasteiger partial charge in [0.15, 0.2) is 11.4 Å². The molecule has 2 N–H and O–H groups in total. The number of nitrogens with zero attached hydrogens (tertiary/aromatic N) is 2. The van der Waals surface area contributed by atoms with E-state index in [1.807, 2.05) is 0 Å². The largest absolute Gasteiger partial charge is 0.476 e. The predicted molar refractivity (Wildman–Crippen MR) is 55.3 cm³/mol. The van der Waals surface area contributed by atoms with Gasteiger partial charge in [-0.1, -0.05) is 0 Å². The van der Waals surface area contributed by atoms with Crippen LogP contribution < -0.4 is 0 Å². The second kappa shape index (κ2) is 3.26. The SMILES string of the molecule is O=C(O)c1nc2c(nc1C(=O)O)[C@@H]1CC[C@@H]2C1. The summed E-state index contributed by atoms with van der Waals surface area (Å²) in [4.78, 5) is 30.0. The molecule has 88 valence electrons. The Labute approximate surface area is 96.3 Å². The molecule has 6 heteroatoms. The van der Waals surface area contributed by atoms with Gasteiger partial charge in [0.05, 0.1) is 11.4 Å². The second-order valence-corrected chi connectivity index (χ2v) is 4.51. The molecule has 2 atom stereocenters. The van der Waals surface area contributed by atoms with E-state index >= 15 is 0 Å². The summed E-state index contributed by atoms with van der Waals surface area (Å²) in [6, 6.07) is 0. The van der Waals surface area contributed by atoms with Crippen molar-refractivity contribution >= 4 is 11.9 Å². The van der Waals surface area contributed by atoms with Crippen LogP contribution in [0.3, 0.4) is 0 Å². The van der Waals surface area contributed by atoms with Gasteiger partial charge in [0.1, 0.15) is 0 Å². The van der Waals surface area contributed by atoms with E-state index in [0.29, 0.717) is 11.4 Å². The minimum Gasteiger partial charge on any atom is -0.476 e. The topological polar surface area (TPSA) is 100 Å². The van der Waals surface area contributed by atoms with Crippen molar-refractivity contribution in [1.82, 2.24) is 9.97 Å². The van der Waals surface area contributed by atoms with Gasteiger partial charge in [0, 0.05) is 11.8 Å². The zero-order chi connectivity index (χ0) is 12.2. The summed E-state index contributed by atoms with van der Waals surface area (Å²) >= 11 is 0. The zero-order valence-electron chi connectivity index (χ0n) is 8.88. The smallest absolute Gasteiger partial charge is 0.357 e. The van der Waals surface area contributed by atoms with E-state index in [4.69, 9.17) is 10.2 Å². The van der Waals surface area contributed by atoms with Crippen LogP contribution in [0, 0.1) is 0 Å². The molecule has 0 saturated heterocycles. The summed E-state index contributed by atoms with van der Waals surface area (Å²) in [7, 11) is 0. The highest BCUT2D eigenvalue weighted by Crippen LogP contribution is 2.51. The van der Waals surface area contributed by atoms with Crippen LogP contribution in [0.25, 0.3) is 0 Å². The first-order valence-electron chi connectivity index (χ1n) is 5.46. The highest BCUT2D eigenvalue weighted by Gasteiger charge is 2.41. The maximum atomic E-state index is 11.0. The first-order chi connectivity index (χ1) is 8.08. The lowest BCUT2D eigenvalue weighted by atomic mass is 10.00. The molecular formula is C11H10N2O4. The summed E-state index contributed by atoms with van der Waals surface area (Å²) in [5.74, 6) is -2.13. The Hall–Kier alpha value is -1.98. The molecule has 0 amide bonds. The first-order valence-corrected chi connectivity index (χ1v) is 5.46. The third-order valence-corrected chi connectivity index (χ3v) is 3.56. The molecule has 0 radical (unpaired) electrons. The van der Waals surface area contributed by atoms with Crippen LogP contribution in [-0.4, -0.2) is 32.1 Å². The molecule has 2 aliphatic carbocycles. The monoisotopic (exact) mass is 234 g/mol. The zero-order valence-corrected chi connectivity index (χ0v) is 8.88. The highest BCUT2D eigenvalue weighted by atomic mass is 16.4. The first kappa shape index (κ1) is 10.2. The quantitative estimate of drug-likeness (QED) is 0.798. The van der Waals surface area contributed by atoms with Crippen molar-refractivity contribution in [1.29, 1.82) is 0 Å². The van der Waals surface area contributed by atoms with E-state index in [0.717, 1.165) is 19.3 Å². The van der Waals surface area contributed by atoms with E-state index in [1.54, 1.807) is 0 Å². The van der Waals surface area contributed by atoms with Crippen LogP contribution in [0.4, 0.5) is 0 Å². The van der Waals surface area contributed by atoms with Crippen LogP contribution in [0.1, 0.15) is 63.5 Å². The Morgan fingerprint density at radius 2 is 1.35 bits per heavy atom. The Kier molecular flexibility index (Phi) is 1.95. The van der Waals surface area contributed by atoms with Gasteiger partial charge in [0.25, 0.3) is 0 Å². The van der Waals surface area contributed by atoms with Gasteiger partial charge in [-0.3, -0.25) is 0 Å². The fraction of sp³-hybridized carbons (Fsp3) is 0.455. The standard InChI is InChI=1S/C11H10N2O4/c14-10(15)8-9(11(16)17)13-7-5-2-1-4(3-5)6(7)12-8/h4-5H,1-3H2,(H,14,15)(H,16,17)/t4-,5-/m1/s1. The number of carboxylic acids is 2. The molecule has 2 aliphatic rings. The molecule has 1 saturated carbocycles. The average Bonchev–Trinajstić information content (AvgIpc) is 2.87. The van der Waals surface area contributed by atoms with Crippen LogP contribution in [0.5, 0.6) is 0 Å². The molecular weight excluding hydrogens is 224 g/mol. The van der Waals surface area contributed by atoms with E-state index < -0.39 is 23.3 Å². The summed E-state index contributed by atoms with van der Waals surface area (Å²) < 4.78 is 0. The number of fused-ring (bicyclic) bond motifs is 5. The van der Waals surface area contributed by atoms with Crippen LogP contribution in [-0.2, 0) is 0 Å². The van der Waals surface area contributed by atoms with E-state index in [1.165, 1.54) is 0 Å². The fourth-order valence-electron chi connectivity index (χ4n) is 2.84. The van der Waals surface area contributed by atoms with Crippen molar-refractivity contribution in [2.45, 2.75) is 31.1 Å². The lowest BCUT2D eigenvalue weighted by Gasteiger charge is -2.14. The molecule has 1 aromatic heterocycles. The molecule has 1 heterocycles. The maximum absolute atomic E-state index is 11.0. The van der Waals surface area contributed by atoms with E-state index in [9.17, 15) is 9.59 Å². The second-order valence-electron chi connectivity index (χ2n) is 4.51. The average molecular weight is 234 g/mol. The lowest BCUT2D eigenvalue weighted by Crippen LogP contribution is -2.18.